The van der Waals surface area contributed by atoms with E-state index in [0.717, 1.165) is 22.5 Å². The van der Waals surface area contributed by atoms with Gasteiger partial charge in [-0.15, -0.1) is 0 Å². The smallest absolute Gasteiger partial charge is 0.288 e. The highest BCUT2D eigenvalue weighted by Gasteiger charge is 2.31. The molecule has 1 aliphatic rings. The minimum absolute atomic E-state index is 0.0260. The molecule has 2 aromatic carbocycles. The van der Waals surface area contributed by atoms with E-state index in [1.807, 2.05) is 0 Å². The highest BCUT2D eigenvalue weighted by atomic mass is 35.5. The van der Waals surface area contributed by atoms with Crippen LogP contribution in [0.5, 0.6) is 0 Å². The lowest BCUT2D eigenvalue weighted by atomic mass is 10.1. The van der Waals surface area contributed by atoms with Crippen molar-refractivity contribution in [2.45, 2.75) is 4.90 Å². The molecule has 0 N–H and O–H groups in total. The summed E-state index contributed by atoms with van der Waals surface area (Å²) >= 11 is 5.74. The molecule has 3 rings (SSSR count). The number of halogens is 3. The van der Waals surface area contributed by atoms with Crippen LogP contribution in [0.3, 0.4) is 0 Å². The van der Waals surface area contributed by atoms with Crippen LogP contribution >= 0.6 is 11.6 Å². The standard InChI is InChI=1S/C17H14ClF2N3O5S/c18-13-3-1-11(9-16(13)23(25)26)17(24)21-5-7-22(8-6-21)29(27,28)12-2-4-14(19)15(20)10-12/h1-4,9-10H,5-8H2. The van der Waals surface area contributed by atoms with Crippen LogP contribution in [0.4, 0.5) is 14.5 Å². The zero-order valence-corrected chi connectivity index (χ0v) is 16.3. The van der Waals surface area contributed by atoms with Gasteiger partial charge in [-0.1, -0.05) is 11.6 Å². The van der Waals surface area contributed by atoms with Crippen molar-refractivity contribution in [1.82, 2.24) is 9.21 Å². The Balaban J connectivity index is 1.73. The Morgan fingerprint density at radius 2 is 1.69 bits per heavy atom. The second kappa shape index (κ2) is 8.01. The predicted molar refractivity (Wildman–Crippen MR) is 99.1 cm³/mol. The summed E-state index contributed by atoms with van der Waals surface area (Å²) in [6, 6.07) is 5.97. The number of nitro groups is 1. The fourth-order valence-electron chi connectivity index (χ4n) is 2.89. The molecule has 0 saturated carbocycles. The van der Waals surface area contributed by atoms with Gasteiger partial charge < -0.3 is 4.90 Å². The molecule has 12 heteroatoms. The lowest BCUT2D eigenvalue weighted by molar-refractivity contribution is -0.384. The summed E-state index contributed by atoms with van der Waals surface area (Å²) in [5.74, 6) is -2.93. The molecule has 1 heterocycles. The minimum Gasteiger partial charge on any atom is -0.336 e. The van der Waals surface area contributed by atoms with E-state index in [9.17, 15) is 32.1 Å². The van der Waals surface area contributed by atoms with E-state index in [0.29, 0.717) is 6.07 Å². The van der Waals surface area contributed by atoms with Gasteiger partial charge >= 0.3 is 0 Å². The number of benzene rings is 2. The molecule has 1 amide bonds. The summed E-state index contributed by atoms with van der Waals surface area (Å²) in [7, 11) is -4.06. The fraction of sp³-hybridized carbons (Fsp3) is 0.235. The maximum atomic E-state index is 13.4. The molecule has 0 bridgehead atoms. The monoisotopic (exact) mass is 445 g/mol. The summed E-state index contributed by atoms with van der Waals surface area (Å²) in [5, 5.41) is 10.9. The molecule has 8 nitrogen and oxygen atoms in total. The summed E-state index contributed by atoms with van der Waals surface area (Å²) < 4.78 is 52.7. The van der Waals surface area contributed by atoms with E-state index in [4.69, 9.17) is 11.6 Å². The molecule has 1 aliphatic heterocycles. The van der Waals surface area contributed by atoms with Crippen molar-refractivity contribution < 1.29 is 26.9 Å². The lowest BCUT2D eigenvalue weighted by Crippen LogP contribution is -2.50. The van der Waals surface area contributed by atoms with Crippen molar-refractivity contribution in [2.75, 3.05) is 26.2 Å². The van der Waals surface area contributed by atoms with Crippen LogP contribution in [0, 0.1) is 21.7 Å². The van der Waals surface area contributed by atoms with Crippen molar-refractivity contribution in [3.05, 3.63) is 68.7 Å². The van der Waals surface area contributed by atoms with Gasteiger partial charge in [0.05, 0.1) is 9.82 Å². The van der Waals surface area contributed by atoms with Gasteiger partial charge in [0.25, 0.3) is 11.6 Å². The van der Waals surface area contributed by atoms with Gasteiger partial charge in [0.15, 0.2) is 11.6 Å². The summed E-state index contributed by atoms with van der Waals surface area (Å²) in [6.07, 6.45) is 0. The van der Waals surface area contributed by atoms with Gasteiger partial charge in [-0.3, -0.25) is 14.9 Å². The van der Waals surface area contributed by atoms with Crippen molar-refractivity contribution in [3.8, 4) is 0 Å². The van der Waals surface area contributed by atoms with Gasteiger partial charge in [0.2, 0.25) is 10.0 Å². The van der Waals surface area contributed by atoms with Gasteiger partial charge in [-0.25, -0.2) is 17.2 Å². The summed E-state index contributed by atoms with van der Waals surface area (Å²) in [4.78, 5) is 23.8. The van der Waals surface area contributed by atoms with E-state index in [1.54, 1.807) is 0 Å². The molecule has 0 radical (unpaired) electrons. The number of rotatable bonds is 4. The number of hydrogen-bond donors (Lipinski definition) is 0. The first kappa shape index (κ1) is 21.1. The highest BCUT2D eigenvalue weighted by Crippen LogP contribution is 2.26. The topological polar surface area (TPSA) is 101 Å². The van der Waals surface area contributed by atoms with Crippen LogP contribution < -0.4 is 0 Å². The molecule has 29 heavy (non-hydrogen) atoms. The van der Waals surface area contributed by atoms with Gasteiger partial charge in [-0.05, 0) is 30.3 Å². The Morgan fingerprint density at radius 1 is 1.03 bits per heavy atom. The molecule has 0 unspecified atom stereocenters. The number of piperazine rings is 1. The average molecular weight is 446 g/mol. The molecule has 0 atom stereocenters. The summed E-state index contributed by atoms with van der Waals surface area (Å²) in [5.41, 5.74) is -0.352. The number of carbonyl (C=O) groups excluding carboxylic acids is 1. The number of nitro benzene ring substituents is 1. The third kappa shape index (κ3) is 4.21. The highest BCUT2D eigenvalue weighted by molar-refractivity contribution is 7.89. The second-order valence-corrected chi connectivity index (χ2v) is 8.54. The molecule has 0 aromatic heterocycles. The Hall–Kier alpha value is -2.63. The molecule has 154 valence electrons. The van der Waals surface area contributed by atoms with E-state index in [1.165, 1.54) is 17.0 Å². The fourth-order valence-corrected chi connectivity index (χ4v) is 4.51. The SMILES string of the molecule is O=C(c1ccc(Cl)c([N+](=O)[O-])c1)N1CCN(S(=O)(=O)c2ccc(F)c(F)c2)CC1. The average Bonchev–Trinajstić information content (AvgIpc) is 2.69. The quantitative estimate of drug-likeness (QED) is 0.532. The van der Waals surface area contributed by atoms with Crippen LogP contribution in [0.1, 0.15) is 10.4 Å². The number of carbonyl (C=O) groups is 1. The van der Waals surface area contributed by atoms with Crippen molar-refractivity contribution in [3.63, 3.8) is 0 Å². The third-order valence-electron chi connectivity index (χ3n) is 4.44. The third-order valence-corrected chi connectivity index (χ3v) is 6.66. The van der Waals surface area contributed by atoms with Crippen LogP contribution in [-0.4, -0.2) is 54.6 Å². The van der Waals surface area contributed by atoms with Crippen molar-refractivity contribution in [1.29, 1.82) is 0 Å². The first-order valence-electron chi connectivity index (χ1n) is 8.29. The molecular formula is C17H14ClF2N3O5S. The van der Waals surface area contributed by atoms with E-state index in [-0.39, 0.29) is 41.7 Å². The van der Waals surface area contributed by atoms with Crippen molar-refractivity contribution in [2.24, 2.45) is 0 Å². The minimum atomic E-state index is -4.06. The van der Waals surface area contributed by atoms with Gasteiger partial charge in [-0.2, -0.15) is 4.31 Å². The van der Waals surface area contributed by atoms with Crippen LogP contribution in [0.15, 0.2) is 41.3 Å². The first-order chi connectivity index (χ1) is 13.6. The number of sulfonamides is 1. The molecule has 2 aromatic rings. The summed E-state index contributed by atoms with van der Waals surface area (Å²) in [6.45, 7) is -0.0815. The molecular weight excluding hydrogens is 432 g/mol. The normalized spacial score (nSPS) is 15.3. The Bertz CT molecular complexity index is 1090. The molecule has 1 saturated heterocycles. The number of hydrogen-bond acceptors (Lipinski definition) is 5. The van der Waals surface area contributed by atoms with E-state index < -0.39 is 38.2 Å². The number of amides is 1. The second-order valence-electron chi connectivity index (χ2n) is 6.20. The van der Waals surface area contributed by atoms with Crippen LogP contribution in [0.25, 0.3) is 0 Å². The zero-order chi connectivity index (χ0) is 21.3. The molecule has 0 aliphatic carbocycles. The molecule has 0 spiro atoms. The largest absolute Gasteiger partial charge is 0.336 e. The van der Waals surface area contributed by atoms with E-state index >= 15 is 0 Å². The Morgan fingerprint density at radius 3 is 2.28 bits per heavy atom. The van der Waals surface area contributed by atoms with E-state index in [2.05, 4.69) is 0 Å². The zero-order valence-electron chi connectivity index (χ0n) is 14.7. The maximum absolute atomic E-state index is 13.4. The first-order valence-corrected chi connectivity index (χ1v) is 10.1. The maximum Gasteiger partial charge on any atom is 0.288 e. The van der Waals surface area contributed by atoms with Gasteiger partial charge in [0.1, 0.15) is 5.02 Å². The Labute approximate surface area is 169 Å². The van der Waals surface area contributed by atoms with Gasteiger partial charge in [0, 0.05) is 37.8 Å². The van der Waals surface area contributed by atoms with Crippen LogP contribution in [0.2, 0.25) is 5.02 Å². The number of nitrogens with zero attached hydrogens (tertiary/aromatic N) is 3. The Kier molecular flexibility index (Phi) is 5.82. The predicted octanol–water partition coefficient (Wildman–Crippen LogP) is 2.67. The lowest BCUT2D eigenvalue weighted by Gasteiger charge is -2.34. The van der Waals surface area contributed by atoms with Crippen LogP contribution in [-0.2, 0) is 10.0 Å². The molecule has 1 fully saturated rings. The van der Waals surface area contributed by atoms with Crippen molar-refractivity contribution >= 4 is 33.2 Å².